The molecule has 64 valence electrons. The lowest BCUT2D eigenvalue weighted by atomic mass is 10.2. The van der Waals surface area contributed by atoms with Crippen LogP contribution in [0.5, 0.6) is 0 Å². The molecule has 12 heavy (non-hydrogen) atoms. The topological polar surface area (TPSA) is 27.6 Å². The molecule has 1 N–H and O–H groups in total. The average molecular weight is 163 g/mol. The van der Waals surface area contributed by atoms with Gasteiger partial charge in [-0.25, -0.2) is 0 Å². The van der Waals surface area contributed by atoms with Crippen LogP contribution in [0.3, 0.4) is 0 Å². The fraction of sp³-hybridized carbons (Fsp3) is 0.667. The largest absolute Gasteiger partial charge is 0.312 e. The van der Waals surface area contributed by atoms with Gasteiger partial charge in [-0.15, -0.1) is 0 Å². The third-order valence-electron chi connectivity index (χ3n) is 2.18. The summed E-state index contributed by atoms with van der Waals surface area (Å²) in [5.74, 6) is 6.29. The minimum Gasteiger partial charge on any atom is -0.312 e. The van der Waals surface area contributed by atoms with E-state index >= 15 is 0 Å². The van der Waals surface area contributed by atoms with Gasteiger partial charge in [0.1, 0.15) is 11.8 Å². The summed E-state index contributed by atoms with van der Waals surface area (Å²) in [6, 6.07) is 0.314. The lowest BCUT2D eigenvalue weighted by Crippen LogP contribution is -2.49. The maximum absolute atomic E-state index is 4.46. The van der Waals surface area contributed by atoms with Crippen molar-refractivity contribution in [1.82, 2.24) is 10.3 Å². The molecule has 3 heteroatoms. The number of nitrogens with one attached hydrogen (secondary N) is 1. The van der Waals surface area contributed by atoms with Gasteiger partial charge in [0.2, 0.25) is 0 Å². The van der Waals surface area contributed by atoms with Crippen LogP contribution in [-0.2, 0) is 0 Å². The molecule has 2 rings (SSSR count). The number of hydrazone groups is 1. The Hall–Kier alpha value is -1.01. The minimum atomic E-state index is 0.314. The molecule has 0 aromatic carbocycles. The Bertz CT molecular complexity index is 259. The maximum Gasteiger partial charge on any atom is 0.120 e. The molecule has 3 nitrogen and oxygen atoms in total. The second-order valence-electron chi connectivity index (χ2n) is 3.05. The summed E-state index contributed by atoms with van der Waals surface area (Å²) in [6.45, 7) is 5.06. The van der Waals surface area contributed by atoms with Crippen molar-refractivity contribution in [3.63, 3.8) is 0 Å². The van der Waals surface area contributed by atoms with Gasteiger partial charge in [0, 0.05) is 13.1 Å². The van der Waals surface area contributed by atoms with Gasteiger partial charge in [0.05, 0.1) is 6.54 Å². The summed E-state index contributed by atoms with van der Waals surface area (Å²) in [7, 11) is 0. The van der Waals surface area contributed by atoms with Crippen molar-refractivity contribution in [2.24, 2.45) is 5.10 Å². The molecule has 2 aliphatic rings. The Balaban J connectivity index is 2.14. The van der Waals surface area contributed by atoms with E-state index in [1.54, 1.807) is 0 Å². The lowest BCUT2D eigenvalue weighted by Gasteiger charge is -2.32. The highest BCUT2D eigenvalue weighted by molar-refractivity contribution is 6.00. The van der Waals surface area contributed by atoms with Crippen LogP contribution in [0.25, 0.3) is 0 Å². The predicted molar refractivity (Wildman–Crippen MR) is 48.9 cm³/mol. The van der Waals surface area contributed by atoms with Gasteiger partial charge in [-0.2, -0.15) is 5.10 Å². The number of nitrogens with zero attached hydrogens (tertiary/aromatic N) is 2. The molecule has 0 bridgehead atoms. The number of fused-ring (bicyclic) bond motifs is 1. The van der Waals surface area contributed by atoms with Crippen LogP contribution in [0.1, 0.15) is 13.3 Å². The molecule has 1 fully saturated rings. The number of hydrogen-bond acceptors (Lipinski definition) is 3. The zero-order valence-corrected chi connectivity index (χ0v) is 7.30. The molecular weight excluding hydrogens is 150 g/mol. The lowest BCUT2D eigenvalue weighted by molar-refractivity contribution is 0.206. The first-order valence-corrected chi connectivity index (χ1v) is 4.46. The number of rotatable bonds is 1. The molecule has 0 aromatic rings. The fourth-order valence-corrected chi connectivity index (χ4v) is 1.44. The van der Waals surface area contributed by atoms with E-state index in [1.807, 2.05) is 0 Å². The predicted octanol–water partition coefficient (Wildman–Crippen LogP) is 0.0432. The molecule has 0 saturated carbocycles. The van der Waals surface area contributed by atoms with Crippen LogP contribution in [0.4, 0.5) is 0 Å². The van der Waals surface area contributed by atoms with Crippen molar-refractivity contribution in [3.05, 3.63) is 0 Å². The van der Waals surface area contributed by atoms with E-state index in [0.717, 1.165) is 31.8 Å². The summed E-state index contributed by atoms with van der Waals surface area (Å²) in [4.78, 5) is 0. The van der Waals surface area contributed by atoms with E-state index in [-0.39, 0.29) is 0 Å². The summed E-state index contributed by atoms with van der Waals surface area (Å²) in [5.41, 5.74) is 1.02. The summed E-state index contributed by atoms with van der Waals surface area (Å²) in [5, 5.41) is 9.87. The first kappa shape index (κ1) is 7.63. The van der Waals surface area contributed by atoms with E-state index in [1.165, 1.54) is 0 Å². The van der Waals surface area contributed by atoms with E-state index in [4.69, 9.17) is 0 Å². The van der Waals surface area contributed by atoms with Gasteiger partial charge >= 0.3 is 0 Å². The van der Waals surface area contributed by atoms with Crippen LogP contribution in [0, 0.1) is 11.8 Å². The monoisotopic (exact) mass is 163 g/mol. The Kier molecular flexibility index (Phi) is 2.01. The van der Waals surface area contributed by atoms with Crippen LogP contribution in [-0.4, -0.2) is 36.4 Å². The Morgan fingerprint density at radius 2 is 2.67 bits per heavy atom. The fourth-order valence-electron chi connectivity index (χ4n) is 1.44. The zero-order valence-electron chi connectivity index (χ0n) is 7.30. The van der Waals surface area contributed by atoms with Crippen LogP contribution < -0.4 is 5.32 Å². The Labute approximate surface area is 72.8 Å². The second kappa shape index (κ2) is 3.16. The molecule has 0 spiro atoms. The summed E-state index contributed by atoms with van der Waals surface area (Å²) >= 11 is 0. The first-order valence-electron chi connectivity index (χ1n) is 4.46. The highest BCUT2D eigenvalue weighted by Crippen LogP contribution is 2.07. The van der Waals surface area contributed by atoms with E-state index in [9.17, 15) is 0 Å². The van der Waals surface area contributed by atoms with Crippen molar-refractivity contribution >= 4 is 5.71 Å². The Morgan fingerprint density at radius 1 is 1.75 bits per heavy atom. The second-order valence-corrected chi connectivity index (χ2v) is 3.05. The van der Waals surface area contributed by atoms with E-state index < -0.39 is 0 Å². The molecule has 0 aromatic heterocycles. The maximum atomic E-state index is 4.46. The quantitative estimate of drug-likeness (QED) is 0.553. The van der Waals surface area contributed by atoms with Crippen molar-refractivity contribution in [2.75, 3.05) is 19.6 Å². The first-order chi connectivity index (χ1) is 5.90. The van der Waals surface area contributed by atoms with E-state index in [2.05, 4.69) is 34.2 Å². The summed E-state index contributed by atoms with van der Waals surface area (Å²) in [6.07, 6.45) is 0.948. The van der Waals surface area contributed by atoms with Gasteiger partial charge in [-0.1, -0.05) is 12.8 Å². The molecule has 2 aliphatic heterocycles. The van der Waals surface area contributed by atoms with E-state index in [0.29, 0.717) is 6.04 Å². The SMILES string of the molecule is CCC1=NN2CCNCC2C#C1. The molecule has 1 atom stereocenters. The molecule has 0 radical (unpaired) electrons. The smallest absolute Gasteiger partial charge is 0.120 e. The number of piperazine rings is 1. The van der Waals surface area contributed by atoms with Gasteiger partial charge in [0.25, 0.3) is 0 Å². The van der Waals surface area contributed by atoms with Crippen LogP contribution in [0.15, 0.2) is 5.10 Å². The molecule has 1 saturated heterocycles. The third-order valence-corrected chi connectivity index (χ3v) is 2.18. The highest BCUT2D eigenvalue weighted by Gasteiger charge is 2.20. The molecule has 0 amide bonds. The molecular formula is C9H13N3. The van der Waals surface area contributed by atoms with Crippen molar-refractivity contribution < 1.29 is 0 Å². The standard InChI is InChI=1S/C9H13N3/c1-2-8-3-4-9-7-10-5-6-12(9)11-8/h9-10H,2,5-7H2,1H3. The van der Waals surface area contributed by atoms with Gasteiger partial charge < -0.3 is 5.32 Å². The van der Waals surface area contributed by atoms with Crippen molar-refractivity contribution in [1.29, 1.82) is 0 Å². The molecule has 2 heterocycles. The Morgan fingerprint density at radius 3 is 3.50 bits per heavy atom. The third kappa shape index (κ3) is 1.30. The van der Waals surface area contributed by atoms with Gasteiger partial charge in [0.15, 0.2) is 0 Å². The van der Waals surface area contributed by atoms with Crippen LogP contribution in [0.2, 0.25) is 0 Å². The molecule has 1 unspecified atom stereocenters. The highest BCUT2D eigenvalue weighted by atomic mass is 15.5. The zero-order chi connectivity index (χ0) is 8.39. The normalized spacial score (nSPS) is 26.9. The van der Waals surface area contributed by atoms with Crippen LogP contribution >= 0.6 is 0 Å². The van der Waals surface area contributed by atoms with Gasteiger partial charge in [-0.05, 0) is 12.3 Å². The van der Waals surface area contributed by atoms with Crippen molar-refractivity contribution in [3.8, 4) is 11.8 Å². The minimum absolute atomic E-state index is 0.314. The summed E-state index contributed by atoms with van der Waals surface area (Å²) < 4.78 is 0. The van der Waals surface area contributed by atoms with Gasteiger partial charge in [-0.3, -0.25) is 5.01 Å². The average Bonchev–Trinajstić information content (AvgIpc) is 2.17. The van der Waals surface area contributed by atoms with Crippen molar-refractivity contribution in [2.45, 2.75) is 19.4 Å². The number of hydrogen-bond donors (Lipinski definition) is 1. The molecule has 0 aliphatic carbocycles.